The Morgan fingerprint density at radius 2 is 1.71 bits per heavy atom. The molecule has 0 spiro atoms. The number of aryl methyl sites for hydroxylation is 2. The van der Waals surface area contributed by atoms with E-state index in [0.717, 1.165) is 35.5 Å². The van der Waals surface area contributed by atoms with E-state index in [4.69, 9.17) is 4.98 Å². The molecule has 0 unspecified atom stereocenters. The molecule has 184 valence electrons. The van der Waals surface area contributed by atoms with Crippen molar-refractivity contribution in [3.8, 4) is 11.4 Å². The van der Waals surface area contributed by atoms with Gasteiger partial charge in [0.1, 0.15) is 11.6 Å². The molecule has 0 radical (unpaired) electrons. The molecule has 2 heterocycles. The maximum absolute atomic E-state index is 13.8. The Hall–Kier alpha value is -3.28. The van der Waals surface area contributed by atoms with Gasteiger partial charge in [-0.05, 0) is 56.0 Å². The van der Waals surface area contributed by atoms with Crippen molar-refractivity contribution in [2.75, 3.05) is 31.1 Å². The summed E-state index contributed by atoms with van der Waals surface area (Å²) in [4.78, 5) is 26.8. The molecule has 1 fully saturated rings. The van der Waals surface area contributed by atoms with Gasteiger partial charge in [-0.15, -0.1) is 0 Å². The van der Waals surface area contributed by atoms with E-state index in [0.29, 0.717) is 37.6 Å². The molecule has 0 aliphatic carbocycles. The molecule has 0 N–H and O–H groups in total. The molecular weight excluding hydrogens is 439 g/mol. The average molecular weight is 475 g/mol. The fourth-order valence-electron chi connectivity index (χ4n) is 4.71. The first-order valence-electron chi connectivity index (χ1n) is 12.8. The molecule has 0 saturated carbocycles. The van der Waals surface area contributed by atoms with Crippen molar-refractivity contribution in [1.29, 1.82) is 0 Å². The number of nitrogens with zero attached hydrogens (tertiary/aromatic N) is 4. The average Bonchev–Trinajstić information content (AvgIpc) is 2.88. The first-order valence-corrected chi connectivity index (χ1v) is 12.8. The van der Waals surface area contributed by atoms with Crippen molar-refractivity contribution in [2.45, 2.75) is 52.9 Å². The zero-order valence-electron chi connectivity index (χ0n) is 21.1. The fourth-order valence-corrected chi connectivity index (χ4v) is 4.71. The molecule has 1 aliphatic rings. The van der Waals surface area contributed by atoms with E-state index in [9.17, 15) is 9.18 Å². The first-order chi connectivity index (χ1) is 17.0. The standard InChI is InChI=1S/C29H35FN4O/c1-4-6-7-9-22-12-14-23(15-13-22)29(35)34-18-16-33(17-19-34)28-26(5-2)21(3)31-27(32-28)24-10-8-11-25(30)20-24/h8,10-15,20H,4-7,9,16-19H2,1-3H3. The van der Waals surface area contributed by atoms with E-state index in [1.807, 2.05) is 30.0 Å². The molecule has 1 amide bonds. The Balaban J connectivity index is 1.46. The number of rotatable bonds is 8. The molecule has 35 heavy (non-hydrogen) atoms. The van der Waals surface area contributed by atoms with Crippen LogP contribution in [0.2, 0.25) is 0 Å². The zero-order chi connectivity index (χ0) is 24.8. The van der Waals surface area contributed by atoms with Crippen LogP contribution in [0.25, 0.3) is 11.4 Å². The Morgan fingerprint density at radius 1 is 0.971 bits per heavy atom. The third-order valence-corrected chi connectivity index (χ3v) is 6.76. The van der Waals surface area contributed by atoms with E-state index in [1.165, 1.54) is 37.0 Å². The molecule has 1 aromatic heterocycles. The minimum atomic E-state index is -0.300. The Labute approximate surface area is 208 Å². The topological polar surface area (TPSA) is 49.3 Å². The zero-order valence-corrected chi connectivity index (χ0v) is 21.1. The number of benzene rings is 2. The van der Waals surface area contributed by atoms with E-state index in [1.54, 1.807) is 6.07 Å². The number of halogens is 1. The lowest BCUT2D eigenvalue weighted by molar-refractivity contribution is 0.0746. The van der Waals surface area contributed by atoms with E-state index in [2.05, 4.69) is 35.9 Å². The Kier molecular flexibility index (Phi) is 8.11. The van der Waals surface area contributed by atoms with Gasteiger partial charge in [0.15, 0.2) is 5.82 Å². The minimum Gasteiger partial charge on any atom is -0.353 e. The largest absolute Gasteiger partial charge is 0.353 e. The monoisotopic (exact) mass is 474 g/mol. The second kappa shape index (κ2) is 11.4. The first kappa shape index (κ1) is 24.8. The van der Waals surface area contributed by atoms with Gasteiger partial charge in [0.05, 0.1) is 0 Å². The summed E-state index contributed by atoms with van der Waals surface area (Å²) < 4.78 is 13.8. The molecule has 5 nitrogen and oxygen atoms in total. The molecule has 0 bridgehead atoms. The lowest BCUT2D eigenvalue weighted by Gasteiger charge is -2.36. The fraction of sp³-hybridized carbons (Fsp3) is 0.414. The van der Waals surface area contributed by atoms with Gasteiger partial charge in [-0.3, -0.25) is 4.79 Å². The molecule has 1 aliphatic heterocycles. The van der Waals surface area contributed by atoms with Gasteiger partial charge in [-0.25, -0.2) is 14.4 Å². The summed E-state index contributed by atoms with van der Waals surface area (Å²) >= 11 is 0. The van der Waals surface area contributed by atoms with Crippen LogP contribution in [0.4, 0.5) is 10.2 Å². The number of amides is 1. The maximum Gasteiger partial charge on any atom is 0.253 e. The van der Waals surface area contributed by atoms with Gasteiger partial charge in [0.2, 0.25) is 0 Å². The number of carbonyl (C=O) groups excluding carboxylic acids is 1. The van der Waals surface area contributed by atoms with Crippen LogP contribution in [0, 0.1) is 12.7 Å². The maximum atomic E-state index is 13.8. The summed E-state index contributed by atoms with van der Waals surface area (Å²) in [5.74, 6) is 1.21. The molecule has 2 aromatic carbocycles. The van der Waals surface area contributed by atoms with E-state index >= 15 is 0 Å². The summed E-state index contributed by atoms with van der Waals surface area (Å²) in [6, 6.07) is 14.5. The molecular formula is C29H35FN4O. The van der Waals surface area contributed by atoms with Gasteiger partial charge in [0.25, 0.3) is 5.91 Å². The van der Waals surface area contributed by atoms with Crippen LogP contribution in [0.1, 0.15) is 60.3 Å². The van der Waals surface area contributed by atoms with Crippen molar-refractivity contribution in [1.82, 2.24) is 14.9 Å². The van der Waals surface area contributed by atoms with Crippen LogP contribution >= 0.6 is 0 Å². The highest BCUT2D eigenvalue weighted by Gasteiger charge is 2.25. The second-order valence-corrected chi connectivity index (χ2v) is 9.23. The summed E-state index contributed by atoms with van der Waals surface area (Å²) in [5, 5.41) is 0. The lowest BCUT2D eigenvalue weighted by atomic mass is 10.0. The highest BCUT2D eigenvalue weighted by atomic mass is 19.1. The number of piperazine rings is 1. The van der Waals surface area contributed by atoms with Crippen molar-refractivity contribution in [3.63, 3.8) is 0 Å². The van der Waals surface area contributed by atoms with E-state index < -0.39 is 0 Å². The van der Waals surface area contributed by atoms with Gasteiger partial charge >= 0.3 is 0 Å². The third kappa shape index (κ3) is 5.87. The highest BCUT2D eigenvalue weighted by Crippen LogP contribution is 2.27. The number of unbranched alkanes of at least 4 members (excludes halogenated alkanes) is 2. The smallest absolute Gasteiger partial charge is 0.253 e. The Morgan fingerprint density at radius 3 is 2.37 bits per heavy atom. The highest BCUT2D eigenvalue weighted by molar-refractivity contribution is 5.94. The summed E-state index contributed by atoms with van der Waals surface area (Å²) in [7, 11) is 0. The SMILES string of the molecule is CCCCCc1ccc(C(=O)N2CCN(c3nc(-c4cccc(F)c4)nc(C)c3CC)CC2)cc1. The van der Waals surface area contributed by atoms with Crippen molar-refractivity contribution in [2.24, 2.45) is 0 Å². The van der Waals surface area contributed by atoms with Crippen molar-refractivity contribution < 1.29 is 9.18 Å². The quantitative estimate of drug-likeness (QED) is 0.384. The van der Waals surface area contributed by atoms with Gasteiger partial charge < -0.3 is 9.80 Å². The predicted molar refractivity (Wildman–Crippen MR) is 139 cm³/mol. The molecule has 6 heteroatoms. The minimum absolute atomic E-state index is 0.0831. The molecule has 1 saturated heterocycles. The van der Waals surface area contributed by atoms with Crippen molar-refractivity contribution in [3.05, 3.63) is 76.7 Å². The van der Waals surface area contributed by atoms with Crippen molar-refractivity contribution >= 4 is 11.7 Å². The van der Waals surface area contributed by atoms with Crippen LogP contribution < -0.4 is 4.90 Å². The molecule has 0 atom stereocenters. The van der Waals surface area contributed by atoms with Gasteiger partial charge in [0, 0.05) is 48.6 Å². The summed E-state index contributed by atoms with van der Waals surface area (Å²) in [6.45, 7) is 8.97. The molecule has 4 rings (SSSR count). The van der Waals surface area contributed by atoms with Gasteiger partial charge in [-0.1, -0.05) is 51.0 Å². The number of anilines is 1. The number of hydrogen-bond acceptors (Lipinski definition) is 4. The third-order valence-electron chi connectivity index (χ3n) is 6.76. The molecule has 3 aromatic rings. The second-order valence-electron chi connectivity index (χ2n) is 9.23. The Bertz CT molecular complexity index is 1150. The normalized spacial score (nSPS) is 13.8. The van der Waals surface area contributed by atoms with Crippen LogP contribution in [-0.4, -0.2) is 47.0 Å². The number of carbonyl (C=O) groups is 1. The van der Waals surface area contributed by atoms with Crippen LogP contribution in [-0.2, 0) is 12.8 Å². The lowest BCUT2D eigenvalue weighted by Crippen LogP contribution is -2.49. The predicted octanol–water partition coefficient (Wildman–Crippen LogP) is 5.85. The number of aromatic nitrogens is 2. The summed E-state index contributed by atoms with van der Waals surface area (Å²) in [5.41, 5.74) is 4.72. The van der Waals surface area contributed by atoms with Gasteiger partial charge in [-0.2, -0.15) is 0 Å². The summed E-state index contributed by atoms with van der Waals surface area (Å²) in [6.07, 6.45) is 5.52. The number of hydrogen-bond donors (Lipinski definition) is 0. The van der Waals surface area contributed by atoms with E-state index in [-0.39, 0.29) is 11.7 Å². The van der Waals surface area contributed by atoms with Crippen LogP contribution in [0.15, 0.2) is 48.5 Å². The van der Waals surface area contributed by atoms with Crippen LogP contribution in [0.5, 0.6) is 0 Å². The van der Waals surface area contributed by atoms with Crippen LogP contribution in [0.3, 0.4) is 0 Å².